The normalized spacial score (nSPS) is 11.4. The lowest BCUT2D eigenvalue weighted by Gasteiger charge is -2.11. The number of amides is 1. The number of aryl methyl sites for hydroxylation is 1. The van der Waals surface area contributed by atoms with Gasteiger partial charge in [-0.15, -0.1) is 11.3 Å². The van der Waals surface area contributed by atoms with Crippen LogP contribution in [0.3, 0.4) is 0 Å². The second-order valence-electron chi connectivity index (χ2n) is 4.47. The van der Waals surface area contributed by atoms with E-state index >= 15 is 0 Å². The van der Waals surface area contributed by atoms with E-state index in [9.17, 15) is 17.6 Å². The van der Waals surface area contributed by atoms with Crippen molar-refractivity contribution in [3.8, 4) is 0 Å². The molecule has 1 amide bonds. The van der Waals surface area contributed by atoms with Crippen molar-refractivity contribution >= 4 is 33.0 Å². The molecule has 0 unspecified atom stereocenters. The Morgan fingerprint density at radius 1 is 1.29 bits per heavy atom. The first-order chi connectivity index (χ1) is 9.70. The van der Waals surface area contributed by atoms with Gasteiger partial charge in [0.2, 0.25) is 5.91 Å². The number of halogens is 1. The van der Waals surface area contributed by atoms with Gasteiger partial charge in [-0.1, -0.05) is 0 Å². The number of hydrogen-bond acceptors (Lipinski definition) is 4. The zero-order valence-electron chi connectivity index (χ0n) is 11.3. The van der Waals surface area contributed by atoms with Gasteiger partial charge in [0.05, 0.1) is 5.69 Å². The zero-order valence-corrected chi connectivity index (χ0v) is 12.9. The monoisotopic (exact) mass is 328 g/mol. The summed E-state index contributed by atoms with van der Waals surface area (Å²) >= 11 is 1.10. The summed E-state index contributed by atoms with van der Waals surface area (Å²) in [7, 11) is -3.82. The van der Waals surface area contributed by atoms with Crippen LogP contribution in [0.2, 0.25) is 0 Å². The van der Waals surface area contributed by atoms with Gasteiger partial charge in [0.25, 0.3) is 10.0 Å². The molecule has 0 spiro atoms. The van der Waals surface area contributed by atoms with E-state index in [1.165, 1.54) is 19.1 Å². The highest BCUT2D eigenvalue weighted by Crippen LogP contribution is 2.26. The molecule has 0 atom stereocenters. The van der Waals surface area contributed by atoms with Gasteiger partial charge >= 0.3 is 0 Å². The Morgan fingerprint density at radius 2 is 1.95 bits per heavy atom. The van der Waals surface area contributed by atoms with Gasteiger partial charge in [-0.3, -0.25) is 9.52 Å². The number of anilines is 1. The van der Waals surface area contributed by atoms with Crippen LogP contribution in [-0.2, 0) is 10.0 Å². The average Bonchev–Trinajstić information content (AvgIpc) is 2.81. The molecule has 0 aliphatic rings. The maximum atomic E-state index is 13.7. The van der Waals surface area contributed by atoms with Crippen molar-refractivity contribution in [1.29, 1.82) is 0 Å². The van der Waals surface area contributed by atoms with E-state index in [0.29, 0.717) is 0 Å². The molecular formula is C13H13FN2O3S2. The molecule has 2 aromatic rings. The summed E-state index contributed by atoms with van der Waals surface area (Å²) in [6, 6.07) is 5.34. The fourth-order valence-corrected chi connectivity index (χ4v) is 4.08. The molecule has 1 aromatic carbocycles. The molecule has 8 heteroatoms. The number of hydrogen-bond donors (Lipinski definition) is 2. The van der Waals surface area contributed by atoms with E-state index in [1.54, 1.807) is 13.0 Å². The Labute approximate surface area is 125 Å². The molecule has 0 radical (unpaired) electrons. The fourth-order valence-electron chi connectivity index (χ4n) is 1.68. The molecule has 5 nitrogen and oxygen atoms in total. The molecule has 1 aromatic heterocycles. The molecule has 2 rings (SSSR count). The van der Waals surface area contributed by atoms with Gasteiger partial charge in [0.1, 0.15) is 10.0 Å². The van der Waals surface area contributed by atoms with Gasteiger partial charge in [-0.2, -0.15) is 0 Å². The Hall–Kier alpha value is -1.93. The van der Waals surface area contributed by atoms with Crippen LogP contribution in [-0.4, -0.2) is 14.3 Å². The number of nitrogens with one attached hydrogen (secondary N) is 1. The highest BCUT2D eigenvalue weighted by molar-refractivity contribution is 7.94. The van der Waals surface area contributed by atoms with E-state index in [4.69, 9.17) is 5.73 Å². The predicted molar refractivity (Wildman–Crippen MR) is 79.5 cm³/mol. The van der Waals surface area contributed by atoms with Crippen LogP contribution in [0.25, 0.3) is 0 Å². The minimum Gasteiger partial charge on any atom is -0.366 e. The number of carbonyl (C=O) groups is 1. The van der Waals surface area contributed by atoms with Gasteiger partial charge in [0, 0.05) is 16.0 Å². The molecule has 0 fully saturated rings. The van der Waals surface area contributed by atoms with E-state index in [2.05, 4.69) is 4.72 Å². The number of thiophene rings is 1. The Kier molecular flexibility index (Phi) is 4.02. The van der Waals surface area contributed by atoms with Crippen molar-refractivity contribution in [3.05, 3.63) is 46.1 Å². The van der Waals surface area contributed by atoms with Crippen LogP contribution in [0.4, 0.5) is 10.1 Å². The third-order valence-electron chi connectivity index (χ3n) is 2.85. The summed E-state index contributed by atoms with van der Waals surface area (Å²) in [5.74, 6) is -1.53. The minimum absolute atomic E-state index is 0.00477. The van der Waals surface area contributed by atoms with Crippen LogP contribution in [0.1, 0.15) is 20.8 Å². The summed E-state index contributed by atoms with van der Waals surface area (Å²) in [6.07, 6.45) is 0. The lowest BCUT2D eigenvalue weighted by molar-refractivity contribution is 0.1000. The smallest absolute Gasteiger partial charge is 0.271 e. The van der Waals surface area contributed by atoms with Crippen molar-refractivity contribution < 1.29 is 17.6 Å². The largest absolute Gasteiger partial charge is 0.366 e. The van der Waals surface area contributed by atoms with Crippen LogP contribution < -0.4 is 10.5 Å². The van der Waals surface area contributed by atoms with Crippen LogP contribution in [0.15, 0.2) is 28.5 Å². The predicted octanol–water partition coefficient (Wildman–Crippen LogP) is 2.40. The summed E-state index contributed by atoms with van der Waals surface area (Å²) in [4.78, 5) is 12.0. The van der Waals surface area contributed by atoms with Crippen molar-refractivity contribution in [2.75, 3.05) is 4.72 Å². The molecule has 112 valence electrons. The highest BCUT2D eigenvalue weighted by atomic mass is 32.2. The van der Waals surface area contributed by atoms with Crippen molar-refractivity contribution in [3.63, 3.8) is 0 Å². The molecule has 0 aliphatic carbocycles. The van der Waals surface area contributed by atoms with Crippen molar-refractivity contribution in [2.45, 2.75) is 18.1 Å². The average molecular weight is 328 g/mol. The number of nitrogens with two attached hydrogens (primary N) is 1. The number of sulfonamides is 1. The first kappa shape index (κ1) is 15.5. The van der Waals surface area contributed by atoms with E-state index in [0.717, 1.165) is 22.3 Å². The molecule has 0 saturated heterocycles. The van der Waals surface area contributed by atoms with Crippen molar-refractivity contribution in [1.82, 2.24) is 0 Å². The first-order valence-electron chi connectivity index (χ1n) is 5.90. The molecule has 0 saturated carbocycles. The maximum absolute atomic E-state index is 13.7. The van der Waals surface area contributed by atoms with Crippen LogP contribution in [0.5, 0.6) is 0 Å². The number of rotatable bonds is 4. The lowest BCUT2D eigenvalue weighted by Crippen LogP contribution is -2.16. The second kappa shape index (κ2) is 5.45. The first-order valence-corrected chi connectivity index (χ1v) is 8.20. The standard InChI is InChI=1S/C13H13FN2O3S2/c1-7-3-4-12(20-7)21(18,19)16-11-6-9(13(15)17)5-10(14)8(11)2/h3-6,16H,1-2H3,(H2,15,17). The minimum atomic E-state index is -3.82. The molecular weight excluding hydrogens is 315 g/mol. The third kappa shape index (κ3) is 3.22. The van der Waals surface area contributed by atoms with Gasteiger partial charge in [0.15, 0.2) is 0 Å². The maximum Gasteiger partial charge on any atom is 0.271 e. The second-order valence-corrected chi connectivity index (χ2v) is 7.66. The Balaban J connectivity index is 2.46. The quantitative estimate of drug-likeness (QED) is 0.903. The van der Waals surface area contributed by atoms with E-state index in [-0.39, 0.29) is 21.0 Å². The third-order valence-corrected chi connectivity index (χ3v) is 5.71. The SMILES string of the molecule is Cc1ccc(S(=O)(=O)Nc2cc(C(N)=O)cc(F)c2C)s1. The van der Waals surface area contributed by atoms with Gasteiger partial charge < -0.3 is 5.73 Å². The fraction of sp³-hybridized carbons (Fsp3) is 0.154. The zero-order chi connectivity index (χ0) is 15.8. The Bertz CT molecular complexity index is 813. The summed E-state index contributed by atoms with van der Waals surface area (Å²) in [6.45, 7) is 3.19. The van der Waals surface area contributed by atoms with Gasteiger partial charge in [-0.05, 0) is 38.1 Å². The topological polar surface area (TPSA) is 89.3 Å². The summed E-state index contributed by atoms with van der Waals surface area (Å²) in [5.41, 5.74) is 5.09. The van der Waals surface area contributed by atoms with Crippen LogP contribution in [0, 0.1) is 19.7 Å². The van der Waals surface area contributed by atoms with E-state index < -0.39 is 21.7 Å². The lowest BCUT2D eigenvalue weighted by atomic mass is 10.1. The van der Waals surface area contributed by atoms with Crippen molar-refractivity contribution in [2.24, 2.45) is 5.73 Å². The van der Waals surface area contributed by atoms with Gasteiger partial charge in [-0.25, -0.2) is 12.8 Å². The molecule has 0 aliphatic heterocycles. The van der Waals surface area contributed by atoms with Crippen LogP contribution >= 0.6 is 11.3 Å². The molecule has 1 heterocycles. The molecule has 0 bridgehead atoms. The van der Waals surface area contributed by atoms with E-state index in [1.807, 2.05) is 0 Å². The summed E-state index contributed by atoms with van der Waals surface area (Å²) in [5, 5.41) is 0. The number of primary amides is 1. The molecule has 3 N–H and O–H groups in total. The number of carbonyl (C=O) groups excluding carboxylic acids is 1. The Morgan fingerprint density at radius 3 is 2.48 bits per heavy atom. The number of benzene rings is 1. The summed E-state index contributed by atoms with van der Waals surface area (Å²) < 4.78 is 40.6. The molecule has 21 heavy (non-hydrogen) atoms. The highest BCUT2D eigenvalue weighted by Gasteiger charge is 2.19.